The van der Waals surface area contributed by atoms with Gasteiger partial charge in [-0.25, -0.2) is 0 Å². The number of rotatable bonds is 38. The fourth-order valence-corrected chi connectivity index (χ4v) is 6.24. The molecule has 0 spiro atoms. The number of esters is 3. The van der Waals surface area contributed by atoms with Crippen molar-refractivity contribution in [1.82, 2.24) is 0 Å². The summed E-state index contributed by atoms with van der Waals surface area (Å²) >= 11 is 0. The lowest BCUT2D eigenvalue weighted by atomic mass is 10.00. The van der Waals surface area contributed by atoms with E-state index < -0.39 is 6.10 Å². The lowest BCUT2D eigenvalue weighted by molar-refractivity contribution is -0.167. The predicted molar refractivity (Wildman–Crippen MR) is 206 cm³/mol. The predicted octanol–water partition coefficient (Wildman–Crippen LogP) is 13.2. The van der Waals surface area contributed by atoms with Crippen LogP contribution in [-0.2, 0) is 28.6 Å². The Balaban J connectivity index is 4.28. The van der Waals surface area contributed by atoms with Crippen LogP contribution >= 0.6 is 0 Å². The Morgan fingerprint density at radius 2 is 0.714 bits per heavy atom. The van der Waals surface area contributed by atoms with Crippen molar-refractivity contribution in [2.24, 2.45) is 5.92 Å². The summed E-state index contributed by atoms with van der Waals surface area (Å²) in [6.45, 7) is 8.91. The molecule has 2 atom stereocenters. The Kier molecular flexibility index (Phi) is 36.4. The van der Waals surface area contributed by atoms with Crippen LogP contribution in [0, 0.1) is 5.92 Å². The van der Waals surface area contributed by atoms with Gasteiger partial charge in [0.25, 0.3) is 0 Å². The first-order valence-corrected chi connectivity index (χ1v) is 21.4. The van der Waals surface area contributed by atoms with Gasteiger partial charge in [0.05, 0.1) is 0 Å². The Morgan fingerprint density at radius 3 is 1.06 bits per heavy atom. The van der Waals surface area contributed by atoms with Crippen LogP contribution in [0.4, 0.5) is 0 Å². The maximum Gasteiger partial charge on any atom is 0.306 e. The van der Waals surface area contributed by atoms with Crippen LogP contribution in [-0.4, -0.2) is 37.2 Å². The molecular weight excluding hydrogens is 612 g/mol. The van der Waals surface area contributed by atoms with Crippen LogP contribution in [0.2, 0.25) is 0 Å². The summed E-state index contributed by atoms with van der Waals surface area (Å²) in [6.07, 6.45) is 35.3. The molecule has 6 heteroatoms. The van der Waals surface area contributed by atoms with Crippen molar-refractivity contribution in [3.05, 3.63) is 0 Å². The van der Waals surface area contributed by atoms with E-state index >= 15 is 0 Å². The summed E-state index contributed by atoms with van der Waals surface area (Å²) in [5.41, 5.74) is 0. The second kappa shape index (κ2) is 37.7. The minimum atomic E-state index is -0.758. The molecule has 6 nitrogen and oxygen atoms in total. The fraction of sp³-hybridized carbons (Fsp3) is 0.930. The summed E-state index contributed by atoms with van der Waals surface area (Å²) in [4.78, 5) is 37.5. The fourth-order valence-electron chi connectivity index (χ4n) is 6.24. The molecule has 290 valence electrons. The highest BCUT2D eigenvalue weighted by Gasteiger charge is 2.19. The van der Waals surface area contributed by atoms with Crippen molar-refractivity contribution in [2.45, 2.75) is 239 Å². The molecule has 0 aromatic heterocycles. The van der Waals surface area contributed by atoms with Crippen LogP contribution < -0.4 is 0 Å². The van der Waals surface area contributed by atoms with Gasteiger partial charge in [-0.3, -0.25) is 14.4 Å². The first-order valence-electron chi connectivity index (χ1n) is 21.4. The van der Waals surface area contributed by atoms with E-state index in [9.17, 15) is 14.4 Å². The summed E-state index contributed by atoms with van der Waals surface area (Å²) in [7, 11) is 0. The Bertz CT molecular complexity index is 738. The third kappa shape index (κ3) is 36.0. The van der Waals surface area contributed by atoms with Gasteiger partial charge in [-0.1, -0.05) is 195 Å². The van der Waals surface area contributed by atoms with E-state index in [0.717, 1.165) is 63.7 Å². The molecule has 0 rings (SSSR count). The quantitative estimate of drug-likeness (QED) is 0.0364. The van der Waals surface area contributed by atoms with Gasteiger partial charge in [-0.05, 0) is 25.2 Å². The van der Waals surface area contributed by atoms with Crippen molar-refractivity contribution in [1.29, 1.82) is 0 Å². The molecule has 0 fully saturated rings. The van der Waals surface area contributed by atoms with Crippen LogP contribution in [0.1, 0.15) is 233 Å². The lowest BCUT2D eigenvalue weighted by Crippen LogP contribution is -2.30. The third-order valence-electron chi connectivity index (χ3n) is 9.90. The normalized spacial score (nSPS) is 12.5. The van der Waals surface area contributed by atoms with Gasteiger partial charge in [0, 0.05) is 19.3 Å². The Hall–Kier alpha value is -1.59. The average Bonchev–Trinajstić information content (AvgIpc) is 3.10. The summed E-state index contributed by atoms with van der Waals surface area (Å²) in [6, 6.07) is 0. The molecule has 0 aromatic carbocycles. The number of ether oxygens (including phenoxy) is 3. The minimum absolute atomic E-state index is 0.0654. The first kappa shape index (κ1) is 47.4. The summed E-state index contributed by atoms with van der Waals surface area (Å²) in [5.74, 6) is -0.0574. The average molecular weight is 695 g/mol. The zero-order chi connectivity index (χ0) is 36.0. The largest absolute Gasteiger partial charge is 0.462 e. The molecule has 0 radical (unpaired) electrons. The molecule has 0 saturated heterocycles. The molecule has 0 saturated carbocycles. The molecule has 0 heterocycles. The van der Waals surface area contributed by atoms with Crippen molar-refractivity contribution in [2.75, 3.05) is 13.2 Å². The molecule has 49 heavy (non-hydrogen) atoms. The van der Waals surface area contributed by atoms with Crippen molar-refractivity contribution < 1.29 is 28.6 Å². The van der Waals surface area contributed by atoms with Crippen molar-refractivity contribution >= 4 is 17.9 Å². The van der Waals surface area contributed by atoms with E-state index in [2.05, 4.69) is 27.7 Å². The van der Waals surface area contributed by atoms with Gasteiger partial charge >= 0.3 is 17.9 Å². The van der Waals surface area contributed by atoms with Gasteiger partial charge in [0.1, 0.15) is 13.2 Å². The molecule has 0 aliphatic rings. The third-order valence-corrected chi connectivity index (χ3v) is 9.90. The van der Waals surface area contributed by atoms with Gasteiger partial charge in [0.2, 0.25) is 0 Å². The van der Waals surface area contributed by atoms with E-state index in [4.69, 9.17) is 14.2 Å². The number of hydrogen-bond donors (Lipinski definition) is 0. The monoisotopic (exact) mass is 695 g/mol. The standard InChI is InChI=1S/C43H82O6/c1-5-8-10-12-14-15-16-17-18-19-20-22-27-31-35-42(45)48-38-40(37-47-41(44)34-30-26-21-13-11-9-6-2)49-43(46)36-32-28-24-23-25-29-33-39(4)7-3/h39-40H,5-38H2,1-4H3/t39?,40-/m0/s1. The van der Waals surface area contributed by atoms with Gasteiger partial charge in [-0.15, -0.1) is 0 Å². The van der Waals surface area contributed by atoms with Gasteiger partial charge < -0.3 is 14.2 Å². The SMILES string of the molecule is CCCCCCCCCCCCCCCCC(=O)OC[C@H](COC(=O)CCCCCCCCC)OC(=O)CCCCCCCCC(C)CC. The number of hydrogen-bond acceptors (Lipinski definition) is 6. The van der Waals surface area contributed by atoms with Gasteiger partial charge in [0.15, 0.2) is 6.10 Å². The second-order valence-corrected chi connectivity index (χ2v) is 14.9. The van der Waals surface area contributed by atoms with Crippen LogP contribution in [0.15, 0.2) is 0 Å². The topological polar surface area (TPSA) is 78.9 Å². The highest BCUT2D eigenvalue weighted by atomic mass is 16.6. The zero-order valence-electron chi connectivity index (χ0n) is 33.1. The van der Waals surface area contributed by atoms with Crippen molar-refractivity contribution in [3.8, 4) is 0 Å². The Morgan fingerprint density at radius 1 is 0.408 bits per heavy atom. The van der Waals surface area contributed by atoms with Crippen LogP contribution in [0.5, 0.6) is 0 Å². The van der Waals surface area contributed by atoms with Gasteiger partial charge in [-0.2, -0.15) is 0 Å². The van der Waals surface area contributed by atoms with E-state index in [1.165, 1.54) is 128 Å². The minimum Gasteiger partial charge on any atom is -0.462 e. The summed E-state index contributed by atoms with van der Waals surface area (Å²) in [5, 5.41) is 0. The Labute approximate surface area is 304 Å². The molecule has 0 N–H and O–H groups in total. The molecule has 0 bridgehead atoms. The van der Waals surface area contributed by atoms with E-state index in [1.807, 2.05) is 0 Å². The number of carbonyl (C=O) groups is 3. The molecule has 0 amide bonds. The van der Waals surface area contributed by atoms with E-state index in [1.54, 1.807) is 0 Å². The zero-order valence-corrected chi connectivity index (χ0v) is 33.1. The van der Waals surface area contributed by atoms with Crippen molar-refractivity contribution in [3.63, 3.8) is 0 Å². The maximum atomic E-state index is 12.6. The highest BCUT2D eigenvalue weighted by Crippen LogP contribution is 2.16. The number of carbonyl (C=O) groups excluding carboxylic acids is 3. The number of unbranched alkanes of at least 4 members (excludes halogenated alkanes) is 24. The first-order chi connectivity index (χ1) is 23.9. The molecule has 1 unspecified atom stereocenters. The summed E-state index contributed by atoms with van der Waals surface area (Å²) < 4.78 is 16.6. The highest BCUT2D eigenvalue weighted by molar-refractivity contribution is 5.71. The van der Waals surface area contributed by atoms with Crippen LogP contribution in [0.25, 0.3) is 0 Å². The molecule has 0 aliphatic heterocycles. The second-order valence-electron chi connectivity index (χ2n) is 14.9. The smallest absolute Gasteiger partial charge is 0.306 e. The molecule has 0 aromatic rings. The molecular formula is C43H82O6. The van der Waals surface area contributed by atoms with E-state index in [0.29, 0.717) is 19.3 Å². The van der Waals surface area contributed by atoms with E-state index in [-0.39, 0.29) is 31.1 Å². The lowest BCUT2D eigenvalue weighted by Gasteiger charge is -2.18. The van der Waals surface area contributed by atoms with Crippen LogP contribution in [0.3, 0.4) is 0 Å². The maximum absolute atomic E-state index is 12.6. The molecule has 0 aliphatic carbocycles.